The van der Waals surface area contributed by atoms with Gasteiger partial charge in [0.05, 0.1) is 24.2 Å². The Hall–Kier alpha value is -2.32. The highest BCUT2D eigenvalue weighted by Crippen LogP contribution is 2.30. The molecule has 172 valence electrons. The molecule has 2 aromatic rings. The van der Waals surface area contributed by atoms with E-state index in [0.717, 1.165) is 36.3 Å². The maximum Gasteiger partial charge on any atom is 0.233 e. The highest BCUT2D eigenvalue weighted by molar-refractivity contribution is 8.00. The molecular formula is C24H33N5O2S. The van der Waals surface area contributed by atoms with Crippen LogP contribution in [0.25, 0.3) is 5.69 Å². The lowest BCUT2D eigenvalue weighted by Crippen LogP contribution is -2.38. The number of ether oxygens (including phenoxy) is 1. The molecule has 1 aromatic carbocycles. The molecule has 0 spiro atoms. The number of amides is 1. The van der Waals surface area contributed by atoms with Gasteiger partial charge in [0, 0.05) is 19.6 Å². The number of carbonyl (C=O) groups excluding carboxylic acids is 1. The molecule has 1 aliphatic heterocycles. The van der Waals surface area contributed by atoms with E-state index >= 15 is 0 Å². The minimum absolute atomic E-state index is 0.0399. The van der Waals surface area contributed by atoms with E-state index in [-0.39, 0.29) is 11.2 Å². The van der Waals surface area contributed by atoms with Crippen LogP contribution in [0.5, 0.6) is 0 Å². The molecule has 2 aliphatic rings. The predicted octanol–water partition coefficient (Wildman–Crippen LogP) is 3.90. The van der Waals surface area contributed by atoms with E-state index in [0.29, 0.717) is 19.8 Å². The number of rotatable bonds is 8. The lowest BCUT2D eigenvalue weighted by Gasteiger charge is -2.28. The number of aromatic nitrogens is 3. The van der Waals surface area contributed by atoms with Gasteiger partial charge in [-0.05, 0) is 63.6 Å². The number of benzene rings is 1. The predicted molar refractivity (Wildman–Crippen MR) is 129 cm³/mol. The maximum absolute atomic E-state index is 12.8. The zero-order valence-electron chi connectivity index (χ0n) is 19.0. The smallest absolute Gasteiger partial charge is 0.233 e. The average Bonchev–Trinajstić information content (AvgIpc) is 3.23. The van der Waals surface area contributed by atoms with Gasteiger partial charge in [-0.3, -0.25) is 9.36 Å². The zero-order chi connectivity index (χ0) is 22.3. The van der Waals surface area contributed by atoms with Crippen molar-refractivity contribution in [2.75, 3.05) is 37.7 Å². The summed E-state index contributed by atoms with van der Waals surface area (Å²) in [6.45, 7) is 7.62. The van der Waals surface area contributed by atoms with E-state index < -0.39 is 0 Å². The van der Waals surface area contributed by atoms with Crippen LogP contribution < -0.4 is 10.2 Å². The second-order valence-electron chi connectivity index (χ2n) is 8.47. The molecule has 1 saturated heterocycles. The Kier molecular flexibility index (Phi) is 7.86. The lowest BCUT2D eigenvalue weighted by molar-refractivity contribution is -0.120. The van der Waals surface area contributed by atoms with Crippen molar-refractivity contribution in [3.63, 3.8) is 0 Å². The Morgan fingerprint density at radius 1 is 1.25 bits per heavy atom. The number of hydrogen-bond donors (Lipinski definition) is 1. The zero-order valence-corrected chi connectivity index (χ0v) is 19.9. The van der Waals surface area contributed by atoms with E-state index in [1.54, 1.807) is 0 Å². The van der Waals surface area contributed by atoms with Gasteiger partial charge in [-0.15, -0.1) is 10.2 Å². The van der Waals surface area contributed by atoms with Gasteiger partial charge in [0.2, 0.25) is 11.9 Å². The van der Waals surface area contributed by atoms with Crippen molar-refractivity contribution in [1.82, 2.24) is 20.1 Å². The van der Waals surface area contributed by atoms with E-state index in [9.17, 15) is 4.79 Å². The fourth-order valence-corrected chi connectivity index (χ4v) is 5.02. The quantitative estimate of drug-likeness (QED) is 0.481. The number of thioether (sulfide) groups is 1. The van der Waals surface area contributed by atoms with Gasteiger partial charge < -0.3 is 15.0 Å². The number of nitrogens with one attached hydrogen (secondary N) is 1. The summed E-state index contributed by atoms with van der Waals surface area (Å²) in [6.07, 6.45) is 8.19. The molecule has 0 bridgehead atoms. The van der Waals surface area contributed by atoms with Crippen LogP contribution in [-0.2, 0) is 9.53 Å². The van der Waals surface area contributed by atoms with Gasteiger partial charge in [-0.1, -0.05) is 35.5 Å². The average molecular weight is 456 g/mol. The first-order valence-electron chi connectivity index (χ1n) is 11.6. The number of morpholine rings is 1. The summed E-state index contributed by atoms with van der Waals surface area (Å²) in [5, 5.41) is 12.6. The molecule has 7 nitrogen and oxygen atoms in total. The van der Waals surface area contributed by atoms with Crippen LogP contribution in [0.3, 0.4) is 0 Å². The second kappa shape index (κ2) is 11.0. The topological polar surface area (TPSA) is 72.3 Å². The molecule has 1 unspecified atom stereocenters. The largest absolute Gasteiger partial charge is 0.378 e. The van der Waals surface area contributed by atoms with Crippen LogP contribution in [0, 0.1) is 6.92 Å². The molecule has 1 amide bonds. The van der Waals surface area contributed by atoms with Crippen molar-refractivity contribution in [2.24, 2.45) is 0 Å². The first kappa shape index (κ1) is 22.9. The summed E-state index contributed by atoms with van der Waals surface area (Å²) >= 11 is 1.45. The number of hydrogen-bond acceptors (Lipinski definition) is 6. The van der Waals surface area contributed by atoms with Gasteiger partial charge >= 0.3 is 0 Å². The monoisotopic (exact) mass is 455 g/mol. The van der Waals surface area contributed by atoms with E-state index in [4.69, 9.17) is 4.74 Å². The van der Waals surface area contributed by atoms with Crippen molar-refractivity contribution in [1.29, 1.82) is 0 Å². The van der Waals surface area contributed by atoms with Gasteiger partial charge in [-0.25, -0.2) is 0 Å². The molecule has 1 N–H and O–H groups in total. The number of allylic oxidation sites excluding steroid dienone is 1. The van der Waals surface area contributed by atoms with Crippen molar-refractivity contribution < 1.29 is 9.53 Å². The van der Waals surface area contributed by atoms with Crippen molar-refractivity contribution in [3.05, 3.63) is 41.5 Å². The Morgan fingerprint density at radius 3 is 2.84 bits per heavy atom. The van der Waals surface area contributed by atoms with Gasteiger partial charge in [0.15, 0.2) is 5.16 Å². The minimum atomic E-state index is -0.263. The van der Waals surface area contributed by atoms with E-state index in [2.05, 4.69) is 56.2 Å². The molecule has 8 heteroatoms. The SMILES string of the molecule is Cc1cccc(-n2c(SC(C)C(=O)NCCC3=CCCCC3)nnc2N2CCOCC2)c1. The maximum atomic E-state index is 12.8. The Morgan fingerprint density at radius 2 is 2.09 bits per heavy atom. The van der Waals surface area contributed by atoms with Crippen LogP contribution in [-0.4, -0.2) is 58.8 Å². The molecule has 4 rings (SSSR count). The van der Waals surface area contributed by atoms with Crippen molar-refractivity contribution >= 4 is 23.6 Å². The number of carbonyl (C=O) groups is 1. The van der Waals surface area contributed by atoms with Crippen LogP contribution in [0.15, 0.2) is 41.1 Å². The van der Waals surface area contributed by atoms with Gasteiger partial charge in [0.1, 0.15) is 0 Å². The molecule has 0 radical (unpaired) electrons. The molecular weight excluding hydrogens is 422 g/mol. The van der Waals surface area contributed by atoms with Crippen LogP contribution in [0.1, 0.15) is 44.6 Å². The Labute approximate surface area is 194 Å². The fourth-order valence-electron chi connectivity index (χ4n) is 4.13. The summed E-state index contributed by atoms with van der Waals surface area (Å²) in [5.41, 5.74) is 3.66. The van der Waals surface area contributed by atoms with Crippen LogP contribution in [0.2, 0.25) is 0 Å². The number of anilines is 1. The first-order chi connectivity index (χ1) is 15.6. The summed E-state index contributed by atoms with van der Waals surface area (Å²) < 4.78 is 7.58. The lowest BCUT2D eigenvalue weighted by atomic mass is 9.97. The molecule has 1 aromatic heterocycles. The van der Waals surface area contributed by atoms with E-state index in [1.807, 2.05) is 13.0 Å². The summed E-state index contributed by atoms with van der Waals surface area (Å²) in [7, 11) is 0. The Bertz CT molecular complexity index is 952. The highest BCUT2D eigenvalue weighted by atomic mass is 32.2. The third-order valence-electron chi connectivity index (χ3n) is 5.95. The summed E-state index contributed by atoms with van der Waals surface area (Å²) in [4.78, 5) is 15.0. The normalized spacial score (nSPS) is 17.7. The molecule has 2 heterocycles. The van der Waals surface area contributed by atoms with Crippen LogP contribution >= 0.6 is 11.8 Å². The van der Waals surface area contributed by atoms with Gasteiger partial charge in [-0.2, -0.15) is 0 Å². The molecule has 1 atom stereocenters. The van der Waals surface area contributed by atoms with Crippen LogP contribution in [0.4, 0.5) is 5.95 Å². The number of nitrogens with zero attached hydrogens (tertiary/aromatic N) is 4. The molecule has 32 heavy (non-hydrogen) atoms. The van der Waals surface area contributed by atoms with Crippen molar-refractivity contribution in [2.45, 2.75) is 56.4 Å². The molecule has 1 fully saturated rings. The minimum Gasteiger partial charge on any atom is -0.378 e. The third-order valence-corrected chi connectivity index (χ3v) is 6.99. The second-order valence-corrected chi connectivity index (χ2v) is 9.77. The standard InChI is InChI=1S/C24H33N5O2S/c1-18-7-6-10-21(17-18)29-23(28-13-15-31-16-14-28)26-27-24(29)32-19(2)22(30)25-12-11-20-8-4-3-5-9-20/h6-8,10,17,19H,3-5,9,11-16H2,1-2H3,(H,25,30). The highest BCUT2D eigenvalue weighted by Gasteiger charge is 2.25. The Balaban J connectivity index is 1.46. The van der Waals surface area contributed by atoms with E-state index in [1.165, 1.54) is 48.6 Å². The molecule has 1 aliphatic carbocycles. The molecule has 0 saturated carbocycles. The first-order valence-corrected chi connectivity index (χ1v) is 12.5. The number of aryl methyl sites for hydroxylation is 1. The van der Waals surface area contributed by atoms with Crippen molar-refractivity contribution in [3.8, 4) is 5.69 Å². The third kappa shape index (κ3) is 5.72. The fraction of sp³-hybridized carbons (Fsp3) is 0.542. The van der Waals surface area contributed by atoms with Gasteiger partial charge in [0.25, 0.3) is 0 Å². The summed E-state index contributed by atoms with van der Waals surface area (Å²) in [5.74, 6) is 0.844. The summed E-state index contributed by atoms with van der Waals surface area (Å²) in [6, 6.07) is 8.30.